The minimum Gasteiger partial charge on any atom is -0.489 e. The Labute approximate surface area is 203 Å². The largest absolute Gasteiger partial charge is 0.489 e. The van der Waals surface area contributed by atoms with Crippen molar-refractivity contribution in [2.45, 2.75) is 6.61 Å². The van der Waals surface area contributed by atoms with Crippen LogP contribution in [0.3, 0.4) is 0 Å². The van der Waals surface area contributed by atoms with Crippen LogP contribution >= 0.6 is 11.6 Å². The summed E-state index contributed by atoms with van der Waals surface area (Å²) in [5.74, 6) is 0.988. The van der Waals surface area contributed by atoms with Gasteiger partial charge < -0.3 is 9.47 Å². The van der Waals surface area contributed by atoms with Crippen LogP contribution in [-0.4, -0.2) is 18.7 Å². The van der Waals surface area contributed by atoms with E-state index in [0.717, 1.165) is 22.3 Å². The van der Waals surface area contributed by atoms with Crippen LogP contribution in [0.1, 0.15) is 11.1 Å². The number of nitrogens with zero attached hydrogens (tertiary/aromatic N) is 1. The van der Waals surface area contributed by atoms with Gasteiger partial charge >= 0.3 is 0 Å². The number of halogens is 1. The number of nitrogens with one attached hydrogen (secondary N) is 1. The monoisotopic (exact) mass is 470 g/mol. The Morgan fingerprint density at radius 3 is 2.12 bits per heavy atom. The first kappa shape index (κ1) is 23.1. The van der Waals surface area contributed by atoms with Crippen molar-refractivity contribution in [3.05, 3.63) is 119 Å². The molecule has 6 heteroatoms. The molecule has 0 spiro atoms. The summed E-state index contributed by atoms with van der Waals surface area (Å²) in [4.78, 5) is 12.0. The van der Waals surface area contributed by atoms with Gasteiger partial charge in [0.2, 0.25) is 0 Å². The van der Waals surface area contributed by atoms with Gasteiger partial charge in [0.05, 0.1) is 6.21 Å². The molecule has 0 atom stereocenters. The Bertz CT molecular complexity index is 1240. The molecule has 0 saturated heterocycles. The van der Waals surface area contributed by atoms with E-state index in [0.29, 0.717) is 23.1 Å². The SMILES string of the molecule is O=C(COc1ccc(-c2ccccc2)cc1)N/N=C/c1ccc(OCc2ccccc2Cl)cc1. The topological polar surface area (TPSA) is 59.9 Å². The van der Waals surface area contributed by atoms with Crippen LogP contribution in [0, 0.1) is 0 Å². The Morgan fingerprint density at radius 1 is 0.765 bits per heavy atom. The van der Waals surface area contributed by atoms with Crippen molar-refractivity contribution in [1.82, 2.24) is 5.43 Å². The molecule has 0 heterocycles. The number of rotatable bonds is 9. The third-order valence-corrected chi connectivity index (χ3v) is 5.34. The van der Waals surface area contributed by atoms with E-state index in [4.69, 9.17) is 21.1 Å². The summed E-state index contributed by atoms with van der Waals surface area (Å²) >= 11 is 6.14. The van der Waals surface area contributed by atoms with Gasteiger partial charge in [0, 0.05) is 10.6 Å². The summed E-state index contributed by atoms with van der Waals surface area (Å²) in [6.07, 6.45) is 1.56. The highest BCUT2D eigenvalue weighted by Gasteiger charge is 2.03. The predicted molar refractivity (Wildman–Crippen MR) is 135 cm³/mol. The van der Waals surface area contributed by atoms with E-state index in [9.17, 15) is 4.79 Å². The maximum absolute atomic E-state index is 12.0. The molecule has 0 aromatic heterocycles. The van der Waals surface area contributed by atoms with E-state index < -0.39 is 0 Å². The lowest BCUT2D eigenvalue weighted by atomic mass is 10.1. The van der Waals surface area contributed by atoms with Crippen LogP contribution in [-0.2, 0) is 11.4 Å². The molecule has 5 nitrogen and oxygen atoms in total. The lowest BCUT2D eigenvalue weighted by Crippen LogP contribution is -2.24. The number of benzene rings is 4. The van der Waals surface area contributed by atoms with Gasteiger partial charge in [-0.15, -0.1) is 0 Å². The second-order valence-electron chi connectivity index (χ2n) is 7.42. The molecular weight excluding hydrogens is 448 g/mol. The smallest absolute Gasteiger partial charge is 0.277 e. The fourth-order valence-electron chi connectivity index (χ4n) is 3.16. The summed E-state index contributed by atoms with van der Waals surface area (Å²) in [5, 5.41) is 4.66. The van der Waals surface area contributed by atoms with Crippen LogP contribution in [0.2, 0.25) is 5.02 Å². The number of hydrazone groups is 1. The molecule has 0 bridgehead atoms. The lowest BCUT2D eigenvalue weighted by molar-refractivity contribution is -0.123. The first-order chi connectivity index (χ1) is 16.7. The first-order valence-electron chi connectivity index (χ1n) is 10.7. The van der Waals surface area contributed by atoms with E-state index >= 15 is 0 Å². The fraction of sp³-hybridized carbons (Fsp3) is 0.0714. The van der Waals surface area contributed by atoms with Crippen LogP contribution in [0.4, 0.5) is 0 Å². The number of carbonyl (C=O) groups excluding carboxylic acids is 1. The highest BCUT2D eigenvalue weighted by atomic mass is 35.5. The van der Waals surface area contributed by atoms with Crippen LogP contribution in [0.25, 0.3) is 11.1 Å². The van der Waals surface area contributed by atoms with Gasteiger partial charge in [0.25, 0.3) is 5.91 Å². The van der Waals surface area contributed by atoms with Crippen LogP contribution in [0.5, 0.6) is 11.5 Å². The number of hydrogen-bond acceptors (Lipinski definition) is 4. The average molecular weight is 471 g/mol. The number of carbonyl (C=O) groups is 1. The average Bonchev–Trinajstić information content (AvgIpc) is 2.89. The van der Waals surface area contributed by atoms with Gasteiger partial charge in [-0.2, -0.15) is 5.10 Å². The zero-order valence-electron chi connectivity index (χ0n) is 18.4. The Balaban J connectivity index is 1.20. The molecule has 4 rings (SSSR count). The third kappa shape index (κ3) is 6.70. The van der Waals surface area contributed by atoms with Crippen LogP contribution in [0.15, 0.2) is 108 Å². The molecule has 0 radical (unpaired) electrons. The molecule has 0 aliphatic rings. The lowest BCUT2D eigenvalue weighted by Gasteiger charge is -2.08. The maximum atomic E-state index is 12.0. The van der Waals surface area contributed by atoms with Gasteiger partial charge in [0.15, 0.2) is 6.61 Å². The van der Waals surface area contributed by atoms with Crippen molar-refractivity contribution in [2.24, 2.45) is 5.10 Å². The second kappa shape index (κ2) is 11.7. The quantitative estimate of drug-likeness (QED) is 0.237. The summed E-state index contributed by atoms with van der Waals surface area (Å²) in [6, 6.07) is 32.6. The summed E-state index contributed by atoms with van der Waals surface area (Å²) in [5.41, 5.74) is 6.42. The van der Waals surface area contributed by atoms with Gasteiger partial charge in [0.1, 0.15) is 18.1 Å². The zero-order chi connectivity index (χ0) is 23.6. The normalized spacial score (nSPS) is 10.7. The molecule has 170 valence electrons. The molecule has 0 fully saturated rings. The second-order valence-corrected chi connectivity index (χ2v) is 7.83. The van der Waals surface area contributed by atoms with Gasteiger partial charge in [-0.05, 0) is 59.2 Å². The number of amides is 1. The minimum absolute atomic E-state index is 0.128. The molecule has 0 unspecified atom stereocenters. The zero-order valence-corrected chi connectivity index (χ0v) is 19.1. The van der Waals surface area contributed by atoms with Crippen molar-refractivity contribution in [3.63, 3.8) is 0 Å². The van der Waals surface area contributed by atoms with Gasteiger partial charge in [-0.1, -0.05) is 72.3 Å². The number of ether oxygens (including phenoxy) is 2. The highest BCUT2D eigenvalue weighted by Crippen LogP contribution is 2.22. The van der Waals surface area contributed by atoms with Crippen molar-refractivity contribution in [2.75, 3.05) is 6.61 Å². The first-order valence-corrected chi connectivity index (χ1v) is 11.1. The third-order valence-electron chi connectivity index (χ3n) is 4.97. The molecule has 0 aliphatic carbocycles. The molecule has 0 aliphatic heterocycles. The van der Waals surface area contributed by atoms with E-state index in [2.05, 4.69) is 10.5 Å². The van der Waals surface area contributed by atoms with Crippen molar-refractivity contribution < 1.29 is 14.3 Å². The highest BCUT2D eigenvalue weighted by molar-refractivity contribution is 6.31. The van der Waals surface area contributed by atoms with Crippen molar-refractivity contribution in [3.8, 4) is 22.6 Å². The van der Waals surface area contributed by atoms with E-state index in [1.165, 1.54) is 0 Å². The fourth-order valence-corrected chi connectivity index (χ4v) is 3.35. The molecular formula is C28H23ClN2O3. The summed E-state index contributed by atoms with van der Waals surface area (Å²) < 4.78 is 11.3. The van der Waals surface area contributed by atoms with Gasteiger partial charge in [-0.25, -0.2) is 5.43 Å². The standard InChI is InChI=1S/C28H23ClN2O3/c29-27-9-5-4-8-24(27)19-33-25-14-10-21(11-15-25)18-30-31-28(32)20-34-26-16-12-23(13-17-26)22-6-2-1-3-7-22/h1-18H,19-20H2,(H,31,32)/b30-18+. The molecule has 1 N–H and O–H groups in total. The molecule has 4 aromatic rings. The molecule has 4 aromatic carbocycles. The summed E-state index contributed by atoms with van der Waals surface area (Å²) in [6.45, 7) is 0.259. The minimum atomic E-state index is -0.344. The van der Waals surface area contributed by atoms with E-state index in [-0.39, 0.29) is 12.5 Å². The molecule has 0 saturated carbocycles. The Hall–Kier alpha value is -4.09. The van der Waals surface area contributed by atoms with Crippen molar-refractivity contribution in [1.29, 1.82) is 0 Å². The predicted octanol–water partition coefficient (Wildman–Crippen LogP) is 6.12. The number of hydrogen-bond donors (Lipinski definition) is 1. The van der Waals surface area contributed by atoms with Crippen molar-refractivity contribution >= 4 is 23.7 Å². The van der Waals surface area contributed by atoms with Gasteiger partial charge in [-0.3, -0.25) is 4.79 Å². The summed E-state index contributed by atoms with van der Waals surface area (Å²) in [7, 11) is 0. The van der Waals surface area contributed by atoms with E-state index in [1.807, 2.05) is 103 Å². The van der Waals surface area contributed by atoms with E-state index in [1.54, 1.807) is 6.21 Å². The Morgan fingerprint density at radius 2 is 1.38 bits per heavy atom. The molecule has 1 amide bonds. The Kier molecular flexibility index (Phi) is 7.93. The maximum Gasteiger partial charge on any atom is 0.277 e. The molecule has 34 heavy (non-hydrogen) atoms. The van der Waals surface area contributed by atoms with Crippen LogP contribution < -0.4 is 14.9 Å².